The Hall–Kier alpha value is -5.74. The zero-order chi connectivity index (χ0) is 42.2. The molecule has 4 aromatic rings. The fourth-order valence-electron chi connectivity index (χ4n) is 9.73. The highest BCUT2D eigenvalue weighted by Gasteiger charge is 2.52. The number of aryl methyl sites for hydroxylation is 2. The zero-order valence-electron chi connectivity index (χ0n) is 34.9. The van der Waals surface area contributed by atoms with E-state index in [4.69, 9.17) is 28.9 Å². The summed E-state index contributed by atoms with van der Waals surface area (Å²) in [7, 11) is 5.57. The molecule has 4 amide bonds. The largest absolute Gasteiger partial charge is 0.453 e. The molecule has 4 N–H and O–H groups in total. The van der Waals surface area contributed by atoms with Crippen molar-refractivity contribution in [1.82, 2.24) is 40.4 Å². The SMILES string of the molecule is COC(=O)N[C@H](C(=O)N1CCC[C@H]1c1ncc(-c2ccc3c(c2)CCc2cc(-c4cnc(C5[C@H]6CC[C@H](C6)N5C(=O)[C@@H](NC(=O)OC)[C@@H](C)OC)[nH]4)ccc2-3)[nH]1)C(C)OC. The summed E-state index contributed by atoms with van der Waals surface area (Å²) in [6, 6.07) is 10.8. The molecule has 4 aliphatic rings. The average Bonchev–Trinajstić information content (AvgIpc) is 4.14. The molecule has 8 atom stereocenters. The van der Waals surface area contributed by atoms with Gasteiger partial charge in [-0.25, -0.2) is 19.6 Å². The average molecular weight is 823 g/mol. The number of carbonyl (C=O) groups excluding carboxylic acids is 4. The number of benzene rings is 2. The summed E-state index contributed by atoms with van der Waals surface area (Å²) in [5, 5.41) is 5.33. The van der Waals surface area contributed by atoms with E-state index in [1.807, 2.05) is 17.3 Å². The summed E-state index contributed by atoms with van der Waals surface area (Å²) in [5.41, 5.74) is 8.69. The number of carbonyl (C=O) groups is 4. The van der Waals surface area contributed by atoms with Crippen LogP contribution in [0, 0.1) is 5.92 Å². The molecule has 16 heteroatoms. The van der Waals surface area contributed by atoms with Gasteiger partial charge in [-0.05, 0) is 110 Å². The van der Waals surface area contributed by atoms with Gasteiger partial charge in [-0.3, -0.25) is 9.59 Å². The lowest BCUT2D eigenvalue weighted by Gasteiger charge is -2.37. The van der Waals surface area contributed by atoms with E-state index in [0.717, 1.165) is 73.3 Å². The first kappa shape index (κ1) is 41.0. The van der Waals surface area contributed by atoms with E-state index in [2.05, 4.69) is 57.0 Å². The topological polar surface area (TPSA) is 193 Å². The van der Waals surface area contributed by atoms with Crippen LogP contribution in [-0.2, 0) is 41.4 Å². The van der Waals surface area contributed by atoms with Gasteiger partial charge in [0.25, 0.3) is 0 Å². The third-order valence-corrected chi connectivity index (χ3v) is 13.1. The smallest absolute Gasteiger partial charge is 0.407 e. The second-order valence-corrected chi connectivity index (χ2v) is 16.3. The number of hydrogen-bond donors (Lipinski definition) is 4. The number of rotatable bonds is 12. The Labute approximate surface area is 349 Å². The Kier molecular flexibility index (Phi) is 11.7. The number of alkyl carbamates (subject to hydrolysis) is 2. The molecule has 0 spiro atoms. The van der Waals surface area contributed by atoms with E-state index in [1.165, 1.54) is 50.7 Å². The van der Waals surface area contributed by atoms with Crippen LogP contribution in [0.15, 0.2) is 48.8 Å². The van der Waals surface area contributed by atoms with E-state index in [-0.39, 0.29) is 35.9 Å². The normalized spacial score (nSPS) is 22.4. The van der Waals surface area contributed by atoms with Gasteiger partial charge in [-0.2, -0.15) is 0 Å². The van der Waals surface area contributed by atoms with E-state index >= 15 is 0 Å². The fourth-order valence-corrected chi connectivity index (χ4v) is 9.73. The predicted octanol–water partition coefficient (Wildman–Crippen LogP) is 5.47. The number of aromatic amines is 2. The molecule has 2 aliphatic heterocycles. The molecule has 2 bridgehead atoms. The molecular formula is C44H54N8O8. The molecule has 3 fully saturated rings. The number of fused-ring (bicyclic) bond motifs is 5. The van der Waals surface area contributed by atoms with Crippen molar-refractivity contribution in [3.05, 3.63) is 71.6 Å². The number of H-pyrrole nitrogens is 2. The number of ether oxygens (including phenoxy) is 4. The number of likely N-dealkylation sites (tertiary alicyclic amines) is 2. The highest BCUT2D eigenvalue weighted by molar-refractivity contribution is 5.88. The lowest BCUT2D eigenvalue weighted by atomic mass is 9.83. The molecule has 2 aromatic carbocycles. The first-order valence-corrected chi connectivity index (χ1v) is 20.8. The second-order valence-electron chi connectivity index (χ2n) is 16.3. The van der Waals surface area contributed by atoms with Crippen LogP contribution >= 0.6 is 0 Å². The summed E-state index contributed by atoms with van der Waals surface area (Å²) in [5.74, 6) is 1.29. The summed E-state index contributed by atoms with van der Waals surface area (Å²) in [6.45, 7) is 4.05. The predicted molar refractivity (Wildman–Crippen MR) is 220 cm³/mol. The number of aromatic nitrogens is 4. The lowest BCUT2D eigenvalue weighted by molar-refractivity contribution is -0.141. The van der Waals surface area contributed by atoms with Crippen LogP contribution in [0.5, 0.6) is 0 Å². The summed E-state index contributed by atoms with van der Waals surface area (Å²) < 4.78 is 20.5. The van der Waals surface area contributed by atoms with Crippen LogP contribution in [0.25, 0.3) is 33.6 Å². The minimum atomic E-state index is -0.896. The number of amides is 4. The molecular weight excluding hydrogens is 769 g/mol. The van der Waals surface area contributed by atoms with Gasteiger partial charge in [0.2, 0.25) is 11.8 Å². The first-order valence-electron chi connectivity index (χ1n) is 20.8. The molecule has 60 heavy (non-hydrogen) atoms. The number of piperidine rings is 1. The van der Waals surface area contributed by atoms with E-state index < -0.39 is 36.5 Å². The van der Waals surface area contributed by atoms with Gasteiger partial charge < -0.3 is 49.3 Å². The molecule has 2 aliphatic carbocycles. The van der Waals surface area contributed by atoms with Crippen molar-refractivity contribution in [2.75, 3.05) is 35.0 Å². The monoisotopic (exact) mass is 822 g/mol. The quantitative estimate of drug-likeness (QED) is 0.143. The van der Waals surface area contributed by atoms with Crippen LogP contribution in [-0.4, -0.2) is 119 Å². The van der Waals surface area contributed by atoms with E-state index in [1.54, 1.807) is 18.7 Å². The number of imidazole rings is 2. The van der Waals surface area contributed by atoms with Gasteiger partial charge in [-0.15, -0.1) is 0 Å². The highest BCUT2D eigenvalue weighted by atomic mass is 16.5. The van der Waals surface area contributed by atoms with E-state index in [9.17, 15) is 19.2 Å². The minimum absolute atomic E-state index is 0.0709. The van der Waals surface area contributed by atoms with Crippen LogP contribution in [0.4, 0.5) is 9.59 Å². The highest BCUT2D eigenvalue weighted by Crippen LogP contribution is 2.50. The van der Waals surface area contributed by atoms with Crippen molar-refractivity contribution in [2.45, 2.75) is 101 Å². The molecule has 1 saturated carbocycles. The first-order chi connectivity index (χ1) is 29.0. The van der Waals surface area contributed by atoms with E-state index in [0.29, 0.717) is 12.4 Å². The maximum atomic E-state index is 14.1. The number of nitrogens with zero attached hydrogens (tertiary/aromatic N) is 4. The number of hydrogen-bond acceptors (Lipinski definition) is 10. The minimum Gasteiger partial charge on any atom is -0.453 e. The van der Waals surface area contributed by atoms with Crippen molar-refractivity contribution in [3.63, 3.8) is 0 Å². The molecule has 2 unspecified atom stereocenters. The van der Waals surface area contributed by atoms with Gasteiger partial charge >= 0.3 is 12.2 Å². The van der Waals surface area contributed by atoms with Gasteiger partial charge in [0.15, 0.2) is 0 Å². The lowest BCUT2D eigenvalue weighted by Crippen LogP contribution is -2.56. The van der Waals surface area contributed by atoms with Crippen molar-refractivity contribution < 1.29 is 38.1 Å². The molecule has 8 rings (SSSR count). The third-order valence-electron chi connectivity index (χ3n) is 13.1. The van der Waals surface area contributed by atoms with Gasteiger partial charge in [0, 0.05) is 26.8 Å². The Bertz CT molecular complexity index is 2260. The molecule has 318 valence electrons. The van der Waals surface area contributed by atoms with Crippen molar-refractivity contribution in [3.8, 4) is 33.6 Å². The summed E-state index contributed by atoms with van der Waals surface area (Å²) in [4.78, 5) is 72.4. The van der Waals surface area contributed by atoms with Gasteiger partial charge in [-0.1, -0.05) is 24.3 Å². The number of methoxy groups -OCH3 is 4. The van der Waals surface area contributed by atoms with Crippen molar-refractivity contribution >= 4 is 24.0 Å². The van der Waals surface area contributed by atoms with Crippen LogP contribution in [0.2, 0.25) is 0 Å². The Morgan fingerprint density at radius 1 is 0.733 bits per heavy atom. The van der Waals surface area contributed by atoms with Crippen molar-refractivity contribution in [1.29, 1.82) is 0 Å². The molecule has 16 nitrogen and oxygen atoms in total. The summed E-state index contributed by atoms with van der Waals surface area (Å²) >= 11 is 0. The third kappa shape index (κ3) is 7.62. The zero-order valence-corrected chi connectivity index (χ0v) is 34.9. The van der Waals surface area contributed by atoms with Crippen LogP contribution in [0.1, 0.15) is 80.8 Å². The van der Waals surface area contributed by atoms with Crippen molar-refractivity contribution in [2.24, 2.45) is 5.92 Å². The fraction of sp³-hybridized carbons (Fsp3) is 0.500. The summed E-state index contributed by atoms with van der Waals surface area (Å²) in [6.07, 6.45) is 7.33. The maximum Gasteiger partial charge on any atom is 0.407 e. The molecule has 4 heterocycles. The molecule has 2 saturated heterocycles. The second kappa shape index (κ2) is 17.1. The Balaban J connectivity index is 0.983. The maximum absolute atomic E-state index is 14.1. The van der Waals surface area contributed by atoms with Gasteiger partial charge in [0.1, 0.15) is 23.7 Å². The van der Waals surface area contributed by atoms with Crippen LogP contribution < -0.4 is 10.6 Å². The standard InChI is InChI=1S/C44H54N8O8/c1-23(57-3)36(49-43(55)59-5)41(53)51-17-7-8-35(51)39-45-21-33(47-39)27-12-15-31-25(18-27)9-10-26-19-28(13-16-32(26)31)34-22-46-40(48-34)38-29-11-14-30(20-29)52(38)42(54)37(24(2)58-4)50-44(56)60-6/h12-13,15-16,18-19,21-24,29-30,35-38H,7-11,14,17,20H2,1-6H3,(H,45,47)(H,46,48)(H,49,55)(H,50,56)/t23?,24-,29+,30-,35+,36+,37+,38?/m1/s1. The molecule has 0 radical (unpaired) electrons. The number of nitrogens with one attached hydrogen (secondary N) is 4. The van der Waals surface area contributed by atoms with Gasteiger partial charge in [0.05, 0.1) is 62.3 Å². The van der Waals surface area contributed by atoms with Crippen LogP contribution in [0.3, 0.4) is 0 Å². The molecule has 2 aromatic heterocycles. The Morgan fingerprint density at radius 3 is 1.85 bits per heavy atom. The Morgan fingerprint density at radius 2 is 1.28 bits per heavy atom.